The highest BCUT2D eigenvalue weighted by atomic mass is 35.5. The van der Waals surface area contributed by atoms with Gasteiger partial charge in [0.15, 0.2) is 5.78 Å². The summed E-state index contributed by atoms with van der Waals surface area (Å²) in [4.78, 5) is 14.5. The lowest BCUT2D eigenvalue weighted by Crippen LogP contribution is -2.45. The maximum absolute atomic E-state index is 13.8. The molecule has 0 bridgehead atoms. The molecule has 0 aliphatic carbocycles. The lowest BCUT2D eigenvalue weighted by Gasteiger charge is -2.38. The number of halogens is 2. The zero-order valence-electron chi connectivity index (χ0n) is 15.8. The Kier molecular flexibility index (Phi) is 6.70. The number of hydrogen-bond acceptors (Lipinski definition) is 4. The minimum absolute atomic E-state index is 0.102. The Morgan fingerprint density at radius 1 is 1.18 bits per heavy atom. The molecule has 0 amide bonds. The van der Waals surface area contributed by atoms with Crippen molar-refractivity contribution in [3.63, 3.8) is 0 Å². The number of Topliss-reactive ketones (excluding diaryl/α,β-unsaturated/α-hetero) is 1. The molecule has 150 valence electrons. The molecule has 0 aromatic heterocycles. The van der Waals surface area contributed by atoms with E-state index in [1.807, 2.05) is 24.3 Å². The zero-order chi connectivity index (χ0) is 20.1. The summed E-state index contributed by atoms with van der Waals surface area (Å²) < 4.78 is 13.8. The van der Waals surface area contributed by atoms with Gasteiger partial charge in [-0.25, -0.2) is 4.39 Å². The van der Waals surface area contributed by atoms with Crippen LogP contribution in [-0.2, 0) is 6.42 Å². The Hall–Kier alpha value is -1.95. The SMILES string of the molecule is Nc1ccc(C(=O)CCCN2CCC(O)(Cc3ccc(Cl)cc3)CC2)c(F)c1. The van der Waals surface area contributed by atoms with Gasteiger partial charge in [-0.3, -0.25) is 4.79 Å². The molecule has 1 heterocycles. The van der Waals surface area contributed by atoms with Crippen molar-refractivity contribution in [3.8, 4) is 0 Å². The number of rotatable bonds is 7. The van der Waals surface area contributed by atoms with Crippen LogP contribution < -0.4 is 5.73 Å². The Labute approximate surface area is 170 Å². The van der Waals surface area contributed by atoms with Gasteiger partial charge in [-0.05, 0) is 61.7 Å². The second-order valence-corrected chi connectivity index (χ2v) is 8.07. The van der Waals surface area contributed by atoms with Crippen LogP contribution in [0.1, 0.15) is 41.6 Å². The first kappa shape index (κ1) is 20.8. The molecule has 4 nitrogen and oxygen atoms in total. The molecule has 2 aromatic rings. The number of likely N-dealkylation sites (tertiary alicyclic amines) is 1. The van der Waals surface area contributed by atoms with E-state index in [9.17, 15) is 14.3 Å². The Bertz CT molecular complexity index is 818. The molecule has 3 N–H and O–H groups in total. The minimum Gasteiger partial charge on any atom is -0.399 e. The highest BCUT2D eigenvalue weighted by Gasteiger charge is 2.32. The molecule has 0 saturated carbocycles. The van der Waals surface area contributed by atoms with Gasteiger partial charge in [0.05, 0.1) is 11.2 Å². The average molecular weight is 405 g/mol. The van der Waals surface area contributed by atoms with Crippen LogP contribution >= 0.6 is 11.6 Å². The first-order valence-corrected chi connectivity index (χ1v) is 10.00. The largest absolute Gasteiger partial charge is 0.399 e. The van der Waals surface area contributed by atoms with Gasteiger partial charge in [-0.2, -0.15) is 0 Å². The fourth-order valence-electron chi connectivity index (χ4n) is 3.71. The van der Waals surface area contributed by atoms with E-state index in [0.717, 1.165) is 25.2 Å². The maximum atomic E-state index is 13.8. The number of ketones is 1. The van der Waals surface area contributed by atoms with Gasteiger partial charge < -0.3 is 15.7 Å². The van der Waals surface area contributed by atoms with Crippen LogP contribution in [0.5, 0.6) is 0 Å². The molecule has 1 saturated heterocycles. The summed E-state index contributed by atoms with van der Waals surface area (Å²) in [5, 5.41) is 11.6. The fraction of sp³-hybridized carbons (Fsp3) is 0.409. The van der Waals surface area contributed by atoms with Gasteiger partial charge >= 0.3 is 0 Å². The zero-order valence-corrected chi connectivity index (χ0v) is 16.6. The van der Waals surface area contributed by atoms with E-state index in [4.69, 9.17) is 17.3 Å². The molecule has 0 radical (unpaired) electrons. The normalized spacial score (nSPS) is 16.8. The first-order valence-electron chi connectivity index (χ1n) is 9.62. The van der Waals surface area contributed by atoms with Gasteiger partial charge in [-0.15, -0.1) is 0 Å². The van der Waals surface area contributed by atoms with Crippen LogP contribution in [0.4, 0.5) is 10.1 Å². The van der Waals surface area contributed by atoms with Crippen molar-refractivity contribution in [2.75, 3.05) is 25.4 Å². The number of nitrogens with two attached hydrogens (primary N) is 1. The van der Waals surface area contributed by atoms with E-state index < -0.39 is 11.4 Å². The number of piperidine rings is 1. The van der Waals surface area contributed by atoms with Crippen molar-refractivity contribution in [2.45, 2.75) is 37.7 Å². The lowest BCUT2D eigenvalue weighted by molar-refractivity contribution is -0.0207. The van der Waals surface area contributed by atoms with Crippen LogP contribution in [0.2, 0.25) is 5.02 Å². The van der Waals surface area contributed by atoms with E-state index in [1.54, 1.807) is 6.07 Å². The van der Waals surface area contributed by atoms with E-state index in [-0.39, 0.29) is 11.3 Å². The first-order chi connectivity index (χ1) is 13.3. The molecular formula is C22H26ClFN2O2. The van der Waals surface area contributed by atoms with Crippen molar-refractivity contribution in [2.24, 2.45) is 0 Å². The Balaban J connectivity index is 1.43. The summed E-state index contributed by atoms with van der Waals surface area (Å²) in [6, 6.07) is 11.8. The summed E-state index contributed by atoms with van der Waals surface area (Å²) >= 11 is 5.91. The van der Waals surface area contributed by atoms with E-state index in [2.05, 4.69) is 4.90 Å². The molecule has 0 spiro atoms. The summed E-state index contributed by atoms with van der Waals surface area (Å²) in [7, 11) is 0. The van der Waals surface area contributed by atoms with Gasteiger partial charge in [0.2, 0.25) is 0 Å². The number of hydrogen-bond donors (Lipinski definition) is 2. The smallest absolute Gasteiger partial charge is 0.165 e. The van der Waals surface area contributed by atoms with Crippen molar-refractivity contribution >= 4 is 23.1 Å². The monoisotopic (exact) mass is 404 g/mol. The number of carbonyl (C=O) groups is 1. The summed E-state index contributed by atoms with van der Waals surface area (Å²) in [6.45, 7) is 2.34. The second kappa shape index (κ2) is 9.03. The number of benzene rings is 2. The molecule has 3 rings (SSSR count). The molecule has 6 heteroatoms. The topological polar surface area (TPSA) is 66.6 Å². The van der Waals surface area contributed by atoms with Crippen molar-refractivity contribution in [3.05, 3.63) is 64.4 Å². The fourth-order valence-corrected chi connectivity index (χ4v) is 3.83. The molecule has 2 aromatic carbocycles. The van der Waals surface area contributed by atoms with Crippen LogP contribution in [0.25, 0.3) is 0 Å². The van der Waals surface area contributed by atoms with Gasteiger partial charge in [0.25, 0.3) is 0 Å². The molecule has 0 unspecified atom stereocenters. The van der Waals surface area contributed by atoms with Crippen LogP contribution in [0, 0.1) is 5.82 Å². The van der Waals surface area contributed by atoms with E-state index >= 15 is 0 Å². The van der Waals surface area contributed by atoms with Crippen molar-refractivity contribution in [1.29, 1.82) is 0 Å². The number of carbonyl (C=O) groups excluding carboxylic acids is 1. The number of nitrogen functional groups attached to an aromatic ring is 1. The number of nitrogens with zero attached hydrogens (tertiary/aromatic N) is 1. The van der Waals surface area contributed by atoms with Gasteiger partial charge in [-0.1, -0.05) is 23.7 Å². The molecule has 1 aliphatic rings. The van der Waals surface area contributed by atoms with E-state index in [1.165, 1.54) is 12.1 Å². The summed E-state index contributed by atoms with van der Waals surface area (Å²) in [6.07, 6.45) is 2.96. The van der Waals surface area contributed by atoms with Crippen LogP contribution in [-0.4, -0.2) is 41.0 Å². The maximum Gasteiger partial charge on any atom is 0.165 e. The molecular weight excluding hydrogens is 379 g/mol. The summed E-state index contributed by atoms with van der Waals surface area (Å²) in [5.74, 6) is -0.760. The predicted molar refractivity (Wildman–Crippen MR) is 110 cm³/mol. The van der Waals surface area contributed by atoms with Gasteiger partial charge in [0, 0.05) is 36.6 Å². The van der Waals surface area contributed by atoms with E-state index in [0.29, 0.717) is 42.8 Å². The third-order valence-electron chi connectivity index (χ3n) is 5.40. The average Bonchev–Trinajstić information content (AvgIpc) is 2.65. The van der Waals surface area contributed by atoms with Crippen LogP contribution in [0.15, 0.2) is 42.5 Å². The predicted octanol–water partition coefficient (Wildman–Crippen LogP) is 4.09. The standard InChI is InChI=1S/C22H26ClFN2O2/c23-17-5-3-16(4-6-17)15-22(28)9-12-26(13-10-22)11-1-2-21(27)19-8-7-18(25)14-20(19)24/h3-8,14,28H,1-2,9-13,15,25H2. The number of anilines is 1. The molecule has 0 atom stereocenters. The summed E-state index contributed by atoms with van der Waals surface area (Å²) in [5.41, 5.74) is 6.31. The quantitative estimate of drug-likeness (QED) is 0.538. The number of aliphatic hydroxyl groups is 1. The van der Waals surface area contributed by atoms with Gasteiger partial charge in [0.1, 0.15) is 5.82 Å². The minimum atomic E-state index is -0.701. The Morgan fingerprint density at radius 3 is 2.50 bits per heavy atom. The third kappa shape index (κ3) is 5.53. The van der Waals surface area contributed by atoms with Crippen molar-refractivity contribution in [1.82, 2.24) is 4.90 Å². The highest BCUT2D eigenvalue weighted by molar-refractivity contribution is 6.30. The highest BCUT2D eigenvalue weighted by Crippen LogP contribution is 2.27. The molecule has 28 heavy (non-hydrogen) atoms. The lowest BCUT2D eigenvalue weighted by atomic mass is 9.85. The third-order valence-corrected chi connectivity index (χ3v) is 5.66. The van der Waals surface area contributed by atoms with Crippen molar-refractivity contribution < 1.29 is 14.3 Å². The Morgan fingerprint density at radius 2 is 1.86 bits per heavy atom. The molecule has 1 fully saturated rings. The van der Waals surface area contributed by atoms with Crippen LogP contribution in [0.3, 0.4) is 0 Å². The second-order valence-electron chi connectivity index (χ2n) is 7.64. The molecule has 1 aliphatic heterocycles.